The molecule has 0 atom stereocenters. The van der Waals surface area contributed by atoms with Gasteiger partial charge in [0.15, 0.2) is 10.3 Å². The maximum absolute atomic E-state index is 6.08. The fourth-order valence-corrected chi connectivity index (χ4v) is 2.57. The van der Waals surface area contributed by atoms with Crippen molar-refractivity contribution in [2.75, 3.05) is 0 Å². The molecule has 2 nitrogen and oxygen atoms in total. The first-order valence-corrected chi connectivity index (χ1v) is 7.95. The third kappa shape index (κ3) is 4.00. The molecule has 2 aromatic rings. The van der Waals surface area contributed by atoms with Crippen LogP contribution in [0.1, 0.15) is 44.6 Å². The van der Waals surface area contributed by atoms with Crippen LogP contribution in [0.15, 0.2) is 30.6 Å². The molecule has 0 saturated carbocycles. The van der Waals surface area contributed by atoms with Crippen molar-refractivity contribution >= 4 is 23.2 Å². The van der Waals surface area contributed by atoms with Crippen LogP contribution in [0, 0.1) is 0 Å². The zero-order valence-corrected chi connectivity index (χ0v) is 13.3. The molecule has 0 spiro atoms. The van der Waals surface area contributed by atoms with E-state index in [-0.39, 0.29) is 0 Å². The largest absolute Gasteiger partial charge is 0.288 e. The highest BCUT2D eigenvalue weighted by molar-refractivity contribution is 6.40. The van der Waals surface area contributed by atoms with Gasteiger partial charge in [-0.2, -0.15) is 0 Å². The van der Waals surface area contributed by atoms with Gasteiger partial charge in [-0.1, -0.05) is 67.9 Å². The molecule has 0 fully saturated rings. The van der Waals surface area contributed by atoms with E-state index in [1.54, 1.807) is 10.9 Å². The summed E-state index contributed by atoms with van der Waals surface area (Å²) in [6.45, 7) is 2.24. The Hall–Kier alpha value is -0.990. The lowest BCUT2D eigenvalue weighted by molar-refractivity contribution is 0.632. The van der Waals surface area contributed by atoms with Gasteiger partial charge in [-0.15, -0.1) is 0 Å². The first-order valence-electron chi connectivity index (χ1n) is 7.20. The Morgan fingerprint density at radius 2 is 1.70 bits per heavy atom. The number of imidazole rings is 1. The van der Waals surface area contributed by atoms with Gasteiger partial charge < -0.3 is 0 Å². The minimum absolute atomic E-state index is 0.340. The normalized spacial score (nSPS) is 10.9. The van der Waals surface area contributed by atoms with Crippen LogP contribution in [0.5, 0.6) is 0 Å². The van der Waals surface area contributed by atoms with E-state index in [1.165, 1.54) is 37.7 Å². The number of unbranched alkanes of at least 4 members (excludes halogenated alkanes) is 4. The highest BCUT2D eigenvalue weighted by atomic mass is 35.5. The van der Waals surface area contributed by atoms with Crippen LogP contribution >= 0.6 is 23.2 Å². The molecule has 1 heterocycles. The average molecular weight is 311 g/mol. The van der Waals surface area contributed by atoms with E-state index < -0.39 is 0 Å². The molecule has 0 aliphatic rings. The van der Waals surface area contributed by atoms with Crippen molar-refractivity contribution in [1.82, 2.24) is 9.55 Å². The number of aromatic nitrogens is 2. The second kappa shape index (κ2) is 7.70. The predicted octanol–water partition coefficient (Wildman–Crippen LogP) is 5.69. The van der Waals surface area contributed by atoms with Crippen LogP contribution in [-0.2, 0) is 6.42 Å². The van der Waals surface area contributed by atoms with Crippen LogP contribution in [0.2, 0.25) is 10.3 Å². The zero-order valence-electron chi connectivity index (χ0n) is 11.8. The van der Waals surface area contributed by atoms with Gasteiger partial charge in [0.2, 0.25) is 0 Å². The van der Waals surface area contributed by atoms with Crippen molar-refractivity contribution < 1.29 is 0 Å². The third-order valence-corrected chi connectivity index (χ3v) is 4.19. The monoisotopic (exact) mass is 310 g/mol. The minimum atomic E-state index is 0.340. The summed E-state index contributed by atoms with van der Waals surface area (Å²) in [5.41, 5.74) is 2.36. The maximum atomic E-state index is 6.08. The lowest BCUT2D eigenvalue weighted by Crippen LogP contribution is -1.93. The molecule has 0 aliphatic heterocycles. The van der Waals surface area contributed by atoms with Gasteiger partial charge in [-0.05, 0) is 30.5 Å². The van der Waals surface area contributed by atoms with Gasteiger partial charge in [0.1, 0.15) is 6.33 Å². The molecule has 2 rings (SSSR count). The molecule has 1 aromatic heterocycles. The topological polar surface area (TPSA) is 17.8 Å². The number of benzene rings is 1. The number of nitrogens with zero attached hydrogens (tertiary/aromatic N) is 2. The second-order valence-electron chi connectivity index (χ2n) is 5.03. The van der Waals surface area contributed by atoms with E-state index in [2.05, 4.69) is 36.2 Å². The van der Waals surface area contributed by atoms with Gasteiger partial charge in [-0.3, -0.25) is 4.57 Å². The maximum Gasteiger partial charge on any atom is 0.166 e. The van der Waals surface area contributed by atoms with Gasteiger partial charge in [0.25, 0.3) is 0 Å². The molecule has 0 saturated heterocycles. The molecular formula is C16H20Cl2N2. The van der Waals surface area contributed by atoms with Crippen molar-refractivity contribution in [2.24, 2.45) is 0 Å². The summed E-state index contributed by atoms with van der Waals surface area (Å²) in [5.74, 6) is 0. The summed E-state index contributed by atoms with van der Waals surface area (Å²) >= 11 is 11.9. The summed E-state index contributed by atoms with van der Waals surface area (Å²) in [5, 5.41) is 0.797. The number of halogens is 2. The van der Waals surface area contributed by atoms with Crippen LogP contribution in [0.4, 0.5) is 0 Å². The van der Waals surface area contributed by atoms with Gasteiger partial charge in [0.05, 0.1) is 0 Å². The van der Waals surface area contributed by atoms with E-state index in [1.807, 2.05) is 0 Å². The Labute approximate surface area is 130 Å². The van der Waals surface area contributed by atoms with Crippen LogP contribution in [-0.4, -0.2) is 9.55 Å². The molecule has 0 amide bonds. The quantitative estimate of drug-likeness (QED) is 0.600. The molecule has 20 heavy (non-hydrogen) atoms. The van der Waals surface area contributed by atoms with Crippen molar-refractivity contribution in [2.45, 2.75) is 45.4 Å². The molecule has 0 unspecified atom stereocenters. The smallest absolute Gasteiger partial charge is 0.166 e. The molecule has 1 aromatic carbocycles. The number of aryl methyl sites for hydroxylation is 1. The molecule has 0 bridgehead atoms. The van der Waals surface area contributed by atoms with Gasteiger partial charge in [0, 0.05) is 5.69 Å². The predicted molar refractivity (Wildman–Crippen MR) is 86.0 cm³/mol. The molecular weight excluding hydrogens is 291 g/mol. The Morgan fingerprint density at radius 1 is 1.00 bits per heavy atom. The fourth-order valence-electron chi connectivity index (χ4n) is 2.25. The summed E-state index contributed by atoms with van der Waals surface area (Å²) in [4.78, 5) is 3.99. The standard InChI is InChI=1S/C16H20Cl2N2/c1-2-3-4-5-6-7-13-8-10-14(11-9-13)20-12-19-15(17)16(20)18/h8-12H,2-7H2,1H3. The van der Waals surface area contributed by atoms with E-state index in [9.17, 15) is 0 Å². The Bertz CT molecular complexity index is 532. The summed E-state index contributed by atoms with van der Waals surface area (Å²) in [6, 6.07) is 8.43. The highest BCUT2D eigenvalue weighted by Gasteiger charge is 2.07. The first kappa shape index (κ1) is 15.4. The van der Waals surface area contributed by atoms with E-state index >= 15 is 0 Å². The van der Waals surface area contributed by atoms with E-state index in [0.717, 1.165) is 12.1 Å². The third-order valence-electron chi connectivity index (χ3n) is 3.45. The van der Waals surface area contributed by atoms with Gasteiger partial charge >= 0.3 is 0 Å². The van der Waals surface area contributed by atoms with E-state index in [0.29, 0.717) is 10.3 Å². The van der Waals surface area contributed by atoms with Crippen molar-refractivity contribution in [3.8, 4) is 5.69 Å². The summed E-state index contributed by atoms with van der Waals surface area (Å²) in [7, 11) is 0. The van der Waals surface area contributed by atoms with Crippen molar-refractivity contribution in [3.05, 3.63) is 46.5 Å². The van der Waals surface area contributed by atoms with Crippen LogP contribution < -0.4 is 0 Å². The number of rotatable bonds is 7. The summed E-state index contributed by atoms with van der Waals surface area (Å²) < 4.78 is 1.79. The van der Waals surface area contributed by atoms with Crippen molar-refractivity contribution in [3.63, 3.8) is 0 Å². The first-order chi connectivity index (χ1) is 9.72. The Balaban J connectivity index is 1.91. The second-order valence-corrected chi connectivity index (χ2v) is 5.74. The zero-order chi connectivity index (χ0) is 14.4. The van der Waals surface area contributed by atoms with Crippen LogP contribution in [0.3, 0.4) is 0 Å². The highest BCUT2D eigenvalue weighted by Crippen LogP contribution is 2.24. The molecule has 0 radical (unpaired) electrons. The SMILES string of the molecule is CCCCCCCc1ccc(-n2cnc(Cl)c2Cl)cc1. The van der Waals surface area contributed by atoms with Crippen LogP contribution in [0.25, 0.3) is 5.69 Å². The number of hydrogen-bond acceptors (Lipinski definition) is 1. The Morgan fingerprint density at radius 3 is 2.30 bits per heavy atom. The van der Waals surface area contributed by atoms with Crippen molar-refractivity contribution in [1.29, 1.82) is 0 Å². The Kier molecular flexibility index (Phi) is 5.93. The molecule has 0 N–H and O–H groups in total. The van der Waals surface area contributed by atoms with E-state index in [4.69, 9.17) is 23.2 Å². The van der Waals surface area contributed by atoms with Gasteiger partial charge in [-0.25, -0.2) is 4.98 Å². The molecule has 108 valence electrons. The number of hydrogen-bond donors (Lipinski definition) is 0. The molecule has 4 heteroatoms. The lowest BCUT2D eigenvalue weighted by atomic mass is 10.1. The summed E-state index contributed by atoms with van der Waals surface area (Å²) in [6.07, 6.45) is 9.35. The lowest BCUT2D eigenvalue weighted by Gasteiger charge is -2.06. The molecule has 0 aliphatic carbocycles. The fraction of sp³-hybridized carbons (Fsp3) is 0.438. The minimum Gasteiger partial charge on any atom is -0.288 e. The average Bonchev–Trinajstić information content (AvgIpc) is 2.80.